The van der Waals surface area contributed by atoms with Gasteiger partial charge in [0.25, 0.3) is 5.01 Å². The first-order chi connectivity index (χ1) is 15.2. The maximum atomic E-state index is 12.1. The highest BCUT2D eigenvalue weighted by Crippen LogP contribution is 2.29. The highest BCUT2D eigenvalue weighted by molar-refractivity contribution is 7.19. The molecule has 4 aromatic rings. The summed E-state index contributed by atoms with van der Waals surface area (Å²) in [5, 5.41) is 3.64. The second-order valence-corrected chi connectivity index (χ2v) is 8.55. The number of fused-ring (bicyclic) bond motifs is 3. The Labute approximate surface area is 191 Å². The van der Waals surface area contributed by atoms with Gasteiger partial charge in [0.1, 0.15) is 11.2 Å². The molecule has 0 fully saturated rings. The van der Waals surface area contributed by atoms with Crippen LogP contribution >= 0.6 is 11.3 Å². The number of carbonyl (C=O) groups excluding carboxylic acids is 1. The molecule has 0 saturated heterocycles. The molecule has 166 valence electrons. The minimum atomic E-state index is -4.94. The van der Waals surface area contributed by atoms with E-state index in [0.29, 0.717) is 0 Å². The zero-order valence-corrected chi connectivity index (χ0v) is 19.0. The maximum absolute atomic E-state index is 12.1. The van der Waals surface area contributed by atoms with Gasteiger partial charge in [0.15, 0.2) is 0 Å². The van der Waals surface area contributed by atoms with Gasteiger partial charge in [-0.2, -0.15) is 4.57 Å². The summed E-state index contributed by atoms with van der Waals surface area (Å²) in [5.74, 6) is -0.00735. The molecule has 7 nitrogen and oxygen atoms in total. The van der Waals surface area contributed by atoms with Gasteiger partial charge >= 0.3 is 0 Å². The van der Waals surface area contributed by atoms with E-state index in [4.69, 9.17) is 18.6 Å². The first-order valence-corrected chi connectivity index (χ1v) is 11.7. The van der Waals surface area contributed by atoms with Crippen molar-refractivity contribution in [3.63, 3.8) is 0 Å². The third-order valence-electron chi connectivity index (χ3n) is 4.67. The number of aryl methyl sites for hydroxylation is 1. The summed E-state index contributed by atoms with van der Waals surface area (Å²) in [5.41, 5.74) is 2.13. The van der Waals surface area contributed by atoms with E-state index < -0.39 is 10.2 Å². The van der Waals surface area contributed by atoms with Crippen molar-refractivity contribution in [3.05, 3.63) is 77.9 Å². The molecule has 4 rings (SSSR count). The van der Waals surface area contributed by atoms with E-state index in [-0.39, 0.29) is 5.91 Å². The molecule has 3 aromatic carbocycles. The fourth-order valence-electron chi connectivity index (χ4n) is 3.41. The zero-order chi connectivity index (χ0) is 23.3. The number of para-hydroxylation sites is 1. The Morgan fingerprint density at radius 2 is 1.62 bits per heavy atom. The Morgan fingerprint density at radius 1 is 1.00 bits per heavy atom. The van der Waals surface area contributed by atoms with Crippen LogP contribution in [-0.4, -0.2) is 5.91 Å². The number of hydrogen-bond donors (Lipinski definition) is 0. The van der Waals surface area contributed by atoms with Crippen LogP contribution in [0.3, 0.4) is 0 Å². The molecule has 0 radical (unpaired) electrons. The number of nitrogens with zero attached hydrogens (tertiary/aromatic N) is 2. The Hall–Kier alpha value is -2.85. The molecule has 0 atom stereocenters. The van der Waals surface area contributed by atoms with Crippen molar-refractivity contribution in [1.29, 1.82) is 0 Å². The fraction of sp³-hybridized carbons (Fsp3) is 0.130. The van der Waals surface area contributed by atoms with Gasteiger partial charge in [-0.05, 0) is 36.6 Å². The molecule has 0 N–H and O–H groups in total. The van der Waals surface area contributed by atoms with Crippen molar-refractivity contribution < 1.29 is 38.2 Å². The van der Waals surface area contributed by atoms with Crippen molar-refractivity contribution in [2.45, 2.75) is 20.4 Å². The monoisotopic (exact) mass is 472 g/mol. The number of anilines is 1. The quantitative estimate of drug-likeness (QED) is 0.404. The summed E-state index contributed by atoms with van der Waals surface area (Å²) < 4.78 is 37.5. The van der Waals surface area contributed by atoms with E-state index in [0.717, 1.165) is 17.2 Å². The Morgan fingerprint density at radius 3 is 2.25 bits per heavy atom. The molecule has 1 aromatic heterocycles. The summed E-state index contributed by atoms with van der Waals surface area (Å²) in [6.45, 7) is 4.62. The molecule has 0 aliphatic rings. The summed E-state index contributed by atoms with van der Waals surface area (Å²) in [4.78, 5) is 13.8. The lowest BCUT2D eigenvalue weighted by Gasteiger charge is -2.17. The molecule has 0 aliphatic heterocycles. The van der Waals surface area contributed by atoms with Gasteiger partial charge in [-0.15, -0.1) is 10.2 Å². The van der Waals surface area contributed by atoms with E-state index in [9.17, 15) is 4.79 Å². The number of amides is 1. The Bertz CT molecular complexity index is 1250. The molecule has 1 amide bonds. The topological polar surface area (TPSA) is 116 Å². The number of rotatable bonds is 4. The second kappa shape index (κ2) is 10.2. The third kappa shape index (κ3) is 5.89. The molecule has 32 heavy (non-hydrogen) atoms. The van der Waals surface area contributed by atoms with Crippen LogP contribution in [0.4, 0.5) is 5.69 Å². The highest BCUT2D eigenvalue weighted by Gasteiger charge is 2.20. The standard InChI is InChI=1S/C23H21N2OS.ClHO4/c1-3-24-22(15-16-25(17(2)26)19-10-5-4-6-11-19)27-21-14-13-18-9-7-8-12-20(18)23(21)24;2-1(3,4)5/h4-16H,3H2,1-2H3;(H,2,3,4,5)/q+1;/p-1. The average Bonchev–Trinajstić information content (AvgIpc) is 3.11. The number of benzene rings is 3. The summed E-state index contributed by atoms with van der Waals surface area (Å²) in [6, 6.07) is 22.6. The molecular weight excluding hydrogens is 452 g/mol. The molecule has 1 heterocycles. The van der Waals surface area contributed by atoms with Crippen molar-refractivity contribution in [2.24, 2.45) is 0 Å². The van der Waals surface area contributed by atoms with Crippen LogP contribution in [0.15, 0.2) is 72.9 Å². The maximum Gasteiger partial charge on any atom is 0.264 e. The lowest BCUT2D eigenvalue weighted by molar-refractivity contribution is -2.00. The Kier molecular flexibility index (Phi) is 7.57. The minimum Gasteiger partial charge on any atom is -0.288 e. The normalized spacial score (nSPS) is 11.6. The summed E-state index contributed by atoms with van der Waals surface area (Å²) in [6.07, 6.45) is 3.91. The number of halogens is 1. The summed E-state index contributed by atoms with van der Waals surface area (Å²) in [7, 11) is -4.94. The van der Waals surface area contributed by atoms with E-state index in [1.54, 1.807) is 23.2 Å². The van der Waals surface area contributed by atoms with E-state index in [2.05, 4.69) is 47.9 Å². The lowest BCUT2D eigenvalue weighted by Crippen LogP contribution is -2.68. The van der Waals surface area contributed by atoms with Gasteiger partial charge in [0, 0.05) is 24.9 Å². The number of carbonyl (C=O) groups is 1. The van der Waals surface area contributed by atoms with E-state index in [1.165, 1.54) is 21.0 Å². The minimum absolute atomic E-state index is 0.00735. The highest BCUT2D eigenvalue weighted by atomic mass is 35.7. The molecule has 0 spiro atoms. The number of aromatic nitrogens is 1. The predicted octanol–water partition coefficient (Wildman–Crippen LogP) is 0.630. The van der Waals surface area contributed by atoms with Crippen molar-refractivity contribution >= 4 is 50.0 Å². The van der Waals surface area contributed by atoms with Gasteiger partial charge in [-0.1, -0.05) is 53.8 Å². The van der Waals surface area contributed by atoms with Crippen LogP contribution in [0.2, 0.25) is 0 Å². The zero-order valence-electron chi connectivity index (χ0n) is 17.4. The second-order valence-electron chi connectivity index (χ2n) is 6.74. The van der Waals surface area contributed by atoms with Crippen molar-refractivity contribution in [2.75, 3.05) is 4.90 Å². The SMILES string of the molecule is CC[n+]1c(C=CN(C(C)=O)c2ccccc2)sc2ccc3ccccc3c21.[O-][Cl+3]([O-])([O-])[O-]. The van der Waals surface area contributed by atoms with E-state index >= 15 is 0 Å². The van der Waals surface area contributed by atoms with Gasteiger partial charge < -0.3 is 0 Å². The average molecular weight is 473 g/mol. The van der Waals surface area contributed by atoms with Gasteiger partial charge in [-0.25, -0.2) is 18.6 Å². The van der Waals surface area contributed by atoms with E-state index in [1.807, 2.05) is 42.6 Å². The first-order valence-electron chi connectivity index (χ1n) is 9.68. The van der Waals surface area contributed by atoms with Crippen LogP contribution in [-0.2, 0) is 11.3 Å². The first kappa shape index (κ1) is 23.8. The van der Waals surface area contributed by atoms with Crippen LogP contribution in [0.5, 0.6) is 0 Å². The third-order valence-corrected chi connectivity index (χ3v) is 5.79. The van der Waals surface area contributed by atoms with Gasteiger partial charge in [-0.3, -0.25) is 9.69 Å². The van der Waals surface area contributed by atoms with Crippen LogP contribution in [0, 0.1) is 10.2 Å². The van der Waals surface area contributed by atoms with Crippen LogP contribution in [0.25, 0.3) is 27.1 Å². The lowest BCUT2D eigenvalue weighted by atomic mass is 10.1. The number of thiazole rings is 1. The predicted molar refractivity (Wildman–Crippen MR) is 114 cm³/mol. The molecular formula is C23H21ClN2O5S. The molecule has 0 saturated carbocycles. The summed E-state index contributed by atoms with van der Waals surface area (Å²) >= 11 is 1.75. The fourth-order valence-corrected chi connectivity index (χ4v) is 4.55. The van der Waals surface area contributed by atoms with Crippen molar-refractivity contribution in [3.8, 4) is 0 Å². The van der Waals surface area contributed by atoms with Crippen LogP contribution < -0.4 is 28.1 Å². The number of hydrogen-bond acceptors (Lipinski definition) is 6. The largest absolute Gasteiger partial charge is 0.288 e. The molecule has 0 aliphatic carbocycles. The van der Waals surface area contributed by atoms with Crippen LogP contribution in [0.1, 0.15) is 18.9 Å². The van der Waals surface area contributed by atoms with Gasteiger partial charge in [0.2, 0.25) is 11.4 Å². The molecule has 9 heteroatoms. The molecule has 0 bridgehead atoms. The Balaban J connectivity index is 0.000000523. The van der Waals surface area contributed by atoms with Gasteiger partial charge in [0.05, 0.1) is 5.39 Å². The van der Waals surface area contributed by atoms with Crippen molar-refractivity contribution in [1.82, 2.24) is 0 Å². The molecule has 0 unspecified atom stereocenters. The smallest absolute Gasteiger partial charge is 0.264 e.